The Morgan fingerprint density at radius 3 is 2.07 bits per heavy atom. The molecule has 0 heterocycles. The minimum absolute atomic E-state index is 0.0594. The van der Waals surface area contributed by atoms with E-state index in [-0.39, 0.29) is 11.3 Å². The maximum absolute atomic E-state index is 12.6. The molecule has 1 aliphatic rings. The highest BCUT2D eigenvalue weighted by Crippen LogP contribution is 2.46. The molecule has 0 radical (unpaired) electrons. The Hall–Kier alpha value is -0.210. The minimum Gasteiger partial charge on any atom is -0.171 e. The summed E-state index contributed by atoms with van der Waals surface area (Å²) in [6.45, 7) is 6.25. The van der Waals surface area contributed by atoms with Crippen LogP contribution < -0.4 is 0 Å². The molecule has 1 fully saturated rings. The van der Waals surface area contributed by atoms with Gasteiger partial charge in [-0.15, -0.1) is 0 Å². The van der Waals surface area contributed by atoms with E-state index in [1.165, 1.54) is 0 Å². The predicted molar refractivity (Wildman–Crippen MR) is 55.6 cm³/mol. The molecule has 2 unspecified atom stereocenters. The highest BCUT2D eigenvalue weighted by Gasteiger charge is 2.44. The molecule has 2 atom stereocenters. The number of rotatable bonds is 2. The number of alkyl halides is 3. The first-order valence-electron chi connectivity index (χ1n) is 5.84. The zero-order chi connectivity index (χ0) is 11.7. The molecule has 1 rings (SSSR count). The summed E-state index contributed by atoms with van der Waals surface area (Å²) >= 11 is 0. The molecule has 0 spiro atoms. The molecule has 0 saturated heterocycles. The van der Waals surface area contributed by atoms with E-state index in [0.717, 1.165) is 19.3 Å². The first-order chi connectivity index (χ1) is 6.77. The lowest BCUT2D eigenvalue weighted by Gasteiger charge is -2.40. The Bertz CT molecular complexity index is 205. The van der Waals surface area contributed by atoms with E-state index >= 15 is 0 Å². The van der Waals surface area contributed by atoms with Gasteiger partial charge in [0.15, 0.2) is 0 Å². The third kappa shape index (κ3) is 3.12. The van der Waals surface area contributed by atoms with Gasteiger partial charge in [0, 0.05) is 0 Å². The summed E-state index contributed by atoms with van der Waals surface area (Å²) in [5.74, 6) is -0.815. The fourth-order valence-electron chi connectivity index (χ4n) is 2.49. The zero-order valence-electron chi connectivity index (χ0n) is 9.82. The van der Waals surface area contributed by atoms with Crippen LogP contribution in [0.3, 0.4) is 0 Å². The average molecular weight is 222 g/mol. The van der Waals surface area contributed by atoms with Crippen molar-refractivity contribution >= 4 is 0 Å². The highest BCUT2D eigenvalue weighted by molar-refractivity contribution is 4.85. The van der Waals surface area contributed by atoms with Crippen LogP contribution in [0.5, 0.6) is 0 Å². The Morgan fingerprint density at radius 2 is 1.60 bits per heavy atom. The van der Waals surface area contributed by atoms with Crippen molar-refractivity contribution in [2.24, 2.45) is 17.3 Å². The summed E-state index contributed by atoms with van der Waals surface area (Å²) in [4.78, 5) is 0. The van der Waals surface area contributed by atoms with Gasteiger partial charge in [0.1, 0.15) is 0 Å². The lowest BCUT2D eigenvalue weighted by atomic mass is 9.67. The zero-order valence-corrected chi connectivity index (χ0v) is 9.82. The van der Waals surface area contributed by atoms with E-state index in [0.29, 0.717) is 12.8 Å². The lowest BCUT2D eigenvalue weighted by molar-refractivity contribution is -0.189. The summed E-state index contributed by atoms with van der Waals surface area (Å²) in [6, 6.07) is 0. The van der Waals surface area contributed by atoms with Gasteiger partial charge in [0.2, 0.25) is 0 Å². The molecule has 0 aromatic heterocycles. The van der Waals surface area contributed by atoms with E-state index in [1.807, 2.05) is 0 Å². The van der Waals surface area contributed by atoms with Gasteiger partial charge in [-0.2, -0.15) is 13.2 Å². The summed E-state index contributed by atoms with van der Waals surface area (Å²) in [5, 5.41) is 0. The molecule has 15 heavy (non-hydrogen) atoms. The van der Waals surface area contributed by atoms with Crippen molar-refractivity contribution < 1.29 is 13.2 Å². The van der Waals surface area contributed by atoms with Crippen LogP contribution in [0.2, 0.25) is 0 Å². The Labute approximate surface area is 90.2 Å². The summed E-state index contributed by atoms with van der Waals surface area (Å²) in [5.41, 5.74) is 0.0594. The maximum Gasteiger partial charge on any atom is 0.391 e. The average Bonchev–Trinajstić information content (AvgIpc) is 2.17. The standard InChI is InChI=1S/C12H21F3/c1-4-11(2,3)9-6-5-7-10(8-9)12(13,14)15/h9-10H,4-8H2,1-3H3. The van der Waals surface area contributed by atoms with Crippen LogP contribution in [-0.4, -0.2) is 6.18 Å². The van der Waals surface area contributed by atoms with Gasteiger partial charge in [-0.3, -0.25) is 0 Å². The van der Waals surface area contributed by atoms with Gasteiger partial charge in [-0.05, 0) is 30.6 Å². The number of hydrogen-bond donors (Lipinski definition) is 0. The van der Waals surface area contributed by atoms with Crippen LogP contribution in [0.1, 0.15) is 52.9 Å². The maximum atomic E-state index is 12.6. The second-order valence-corrected chi connectivity index (χ2v) is 5.44. The molecule has 0 aliphatic heterocycles. The van der Waals surface area contributed by atoms with Crippen LogP contribution >= 0.6 is 0 Å². The molecule has 0 aromatic rings. The Balaban J connectivity index is 2.64. The molecule has 3 heteroatoms. The molecule has 0 aromatic carbocycles. The van der Waals surface area contributed by atoms with Gasteiger partial charge in [0.05, 0.1) is 5.92 Å². The fraction of sp³-hybridized carbons (Fsp3) is 1.00. The van der Waals surface area contributed by atoms with Crippen molar-refractivity contribution in [1.29, 1.82) is 0 Å². The first kappa shape index (κ1) is 12.9. The van der Waals surface area contributed by atoms with Crippen LogP contribution in [0.4, 0.5) is 13.2 Å². The van der Waals surface area contributed by atoms with Crippen LogP contribution in [0, 0.1) is 17.3 Å². The van der Waals surface area contributed by atoms with E-state index in [4.69, 9.17) is 0 Å². The van der Waals surface area contributed by atoms with Crippen molar-refractivity contribution in [1.82, 2.24) is 0 Å². The van der Waals surface area contributed by atoms with Gasteiger partial charge >= 0.3 is 6.18 Å². The van der Waals surface area contributed by atoms with Crippen LogP contribution in [0.15, 0.2) is 0 Å². The van der Waals surface area contributed by atoms with Crippen molar-refractivity contribution in [3.8, 4) is 0 Å². The second kappa shape index (κ2) is 4.34. The van der Waals surface area contributed by atoms with E-state index in [1.54, 1.807) is 0 Å². The smallest absolute Gasteiger partial charge is 0.171 e. The lowest BCUT2D eigenvalue weighted by Crippen LogP contribution is -2.34. The van der Waals surface area contributed by atoms with Gasteiger partial charge < -0.3 is 0 Å². The van der Waals surface area contributed by atoms with E-state index < -0.39 is 12.1 Å². The first-order valence-corrected chi connectivity index (χ1v) is 5.84. The van der Waals surface area contributed by atoms with Crippen molar-refractivity contribution in [3.05, 3.63) is 0 Å². The Kier molecular flexibility index (Phi) is 3.72. The largest absolute Gasteiger partial charge is 0.391 e. The van der Waals surface area contributed by atoms with Crippen LogP contribution in [0.25, 0.3) is 0 Å². The molecular formula is C12H21F3. The third-order valence-electron chi connectivity index (χ3n) is 4.15. The van der Waals surface area contributed by atoms with E-state index in [2.05, 4.69) is 20.8 Å². The SMILES string of the molecule is CCC(C)(C)C1CCCC(C(F)(F)F)C1. The summed E-state index contributed by atoms with van der Waals surface area (Å²) < 4.78 is 37.8. The van der Waals surface area contributed by atoms with Crippen LogP contribution in [-0.2, 0) is 0 Å². The number of hydrogen-bond acceptors (Lipinski definition) is 0. The molecule has 0 bridgehead atoms. The number of halogens is 3. The van der Waals surface area contributed by atoms with E-state index in [9.17, 15) is 13.2 Å². The normalized spacial score (nSPS) is 29.2. The molecule has 1 saturated carbocycles. The monoisotopic (exact) mass is 222 g/mol. The minimum atomic E-state index is -3.98. The summed E-state index contributed by atoms with van der Waals surface area (Å²) in [6.07, 6.45) is -0.652. The van der Waals surface area contributed by atoms with Crippen molar-refractivity contribution in [3.63, 3.8) is 0 Å². The highest BCUT2D eigenvalue weighted by atomic mass is 19.4. The summed E-state index contributed by atoms with van der Waals surface area (Å²) in [7, 11) is 0. The molecule has 1 aliphatic carbocycles. The van der Waals surface area contributed by atoms with Gasteiger partial charge in [0.25, 0.3) is 0 Å². The molecular weight excluding hydrogens is 201 g/mol. The van der Waals surface area contributed by atoms with Crippen molar-refractivity contribution in [2.45, 2.75) is 59.1 Å². The van der Waals surface area contributed by atoms with Crippen molar-refractivity contribution in [2.75, 3.05) is 0 Å². The quantitative estimate of drug-likeness (QED) is 0.630. The molecule has 0 N–H and O–H groups in total. The van der Waals surface area contributed by atoms with Gasteiger partial charge in [-0.25, -0.2) is 0 Å². The topological polar surface area (TPSA) is 0 Å². The third-order valence-corrected chi connectivity index (χ3v) is 4.15. The molecule has 0 nitrogen and oxygen atoms in total. The molecule has 0 amide bonds. The Morgan fingerprint density at radius 1 is 1.07 bits per heavy atom. The predicted octanol–water partition coefficient (Wildman–Crippen LogP) is 4.79. The van der Waals surface area contributed by atoms with Gasteiger partial charge in [-0.1, -0.05) is 33.6 Å². The second-order valence-electron chi connectivity index (χ2n) is 5.44. The molecule has 90 valence electrons. The fourth-order valence-corrected chi connectivity index (χ4v) is 2.49.